The summed E-state index contributed by atoms with van der Waals surface area (Å²) in [5.74, 6) is 0.168. The van der Waals surface area contributed by atoms with E-state index in [1.807, 2.05) is 29.1 Å². The maximum absolute atomic E-state index is 11.2. The second-order valence-corrected chi connectivity index (χ2v) is 5.04. The lowest BCUT2D eigenvalue weighted by Gasteiger charge is -2.07. The molecular weight excluding hydrogens is 238 g/mol. The molecule has 0 aliphatic carbocycles. The molecule has 1 aliphatic rings. The number of hydrogen-bond donors (Lipinski definition) is 1. The van der Waals surface area contributed by atoms with Crippen molar-refractivity contribution in [3.05, 3.63) is 53.9 Å². The molecule has 4 heteroatoms. The molecule has 0 bridgehead atoms. The minimum atomic E-state index is 0.168. The molecule has 0 radical (unpaired) electrons. The first kappa shape index (κ1) is 12.0. The fourth-order valence-corrected chi connectivity index (χ4v) is 2.48. The average molecular weight is 255 g/mol. The number of nitrogens with one attached hydrogen (secondary N) is 1. The molecule has 1 aromatic heterocycles. The molecule has 1 N–H and O–H groups in total. The fourth-order valence-electron chi connectivity index (χ4n) is 2.48. The van der Waals surface area contributed by atoms with Crippen LogP contribution in [-0.2, 0) is 17.8 Å². The molecule has 98 valence electrons. The third-order valence-electron chi connectivity index (χ3n) is 3.44. The van der Waals surface area contributed by atoms with E-state index < -0.39 is 0 Å². The van der Waals surface area contributed by atoms with Crippen LogP contribution in [0.5, 0.6) is 0 Å². The van der Waals surface area contributed by atoms with Crippen LogP contribution in [0.1, 0.15) is 24.0 Å². The van der Waals surface area contributed by atoms with Gasteiger partial charge in [0.2, 0.25) is 5.91 Å². The monoisotopic (exact) mass is 255 g/mol. The van der Waals surface area contributed by atoms with Gasteiger partial charge in [-0.2, -0.15) is 5.10 Å². The number of carbonyl (C=O) groups excluding carboxylic acids is 1. The van der Waals surface area contributed by atoms with Gasteiger partial charge in [-0.3, -0.25) is 9.48 Å². The Morgan fingerprint density at radius 1 is 1.26 bits per heavy atom. The van der Waals surface area contributed by atoms with Crippen molar-refractivity contribution >= 4 is 5.91 Å². The lowest BCUT2D eigenvalue weighted by molar-refractivity contribution is -0.119. The molecule has 1 amide bonds. The summed E-state index contributed by atoms with van der Waals surface area (Å²) in [6.07, 6.45) is 6.43. The van der Waals surface area contributed by atoms with Crippen LogP contribution in [0.4, 0.5) is 0 Å². The second-order valence-electron chi connectivity index (χ2n) is 5.04. The Labute approximate surface area is 112 Å². The van der Waals surface area contributed by atoms with Crippen molar-refractivity contribution in [3.63, 3.8) is 0 Å². The van der Waals surface area contributed by atoms with Crippen LogP contribution in [0.15, 0.2) is 42.7 Å². The van der Waals surface area contributed by atoms with Gasteiger partial charge < -0.3 is 5.32 Å². The van der Waals surface area contributed by atoms with E-state index in [-0.39, 0.29) is 11.9 Å². The van der Waals surface area contributed by atoms with E-state index in [0.29, 0.717) is 6.42 Å². The molecule has 19 heavy (non-hydrogen) atoms. The van der Waals surface area contributed by atoms with E-state index in [0.717, 1.165) is 19.4 Å². The van der Waals surface area contributed by atoms with E-state index in [2.05, 4.69) is 28.7 Å². The third kappa shape index (κ3) is 3.02. The van der Waals surface area contributed by atoms with Crippen molar-refractivity contribution in [1.29, 1.82) is 0 Å². The molecule has 1 unspecified atom stereocenters. The Kier molecular flexibility index (Phi) is 3.31. The average Bonchev–Trinajstić information content (AvgIpc) is 3.01. The van der Waals surface area contributed by atoms with E-state index in [1.165, 1.54) is 11.1 Å². The highest BCUT2D eigenvalue weighted by Gasteiger charge is 2.21. The molecule has 3 rings (SSSR count). The zero-order valence-electron chi connectivity index (χ0n) is 10.7. The van der Waals surface area contributed by atoms with Gasteiger partial charge in [0.25, 0.3) is 0 Å². The minimum Gasteiger partial charge on any atom is -0.353 e. The van der Waals surface area contributed by atoms with Crippen molar-refractivity contribution in [3.8, 4) is 0 Å². The molecule has 1 fully saturated rings. The van der Waals surface area contributed by atoms with Crippen molar-refractivity contribution in [2.24, 2.45) is 0 Å². The Hall–Kier alpha value is -2.10. The number of rotatable bonds is 4. The number of carbonyl (C=O) groups is 1. The van der Waals surface area contributed by atoms with Gasteiger partial charge in [-0.25, -0.2) is 0 Å². The maximum Gasteiger partial charge on any atom is 0.220 e. The van der Waals surface area contributed by atoms with E-state index >= 15 is 0 Å². The largest absolute Gasteiger partial charge is 0.353 e. The number of amides is 1. The van der Waals surface area contributed by atoms with Gasteiger partial charge >= 0.3 is 0 Å². The molecule has 4 nitrogen and oxygen atoms in total. The van der Waals surface area contributed by atoms with Crippen molar-refractivity contribution in [2.75, 3.05) is 0 Å². The van der Waals surface area contributed by atoms with Crippen LogP contribution in [0.25, 0.3) is 0 Å². The highest BCUT2D eigenvalue weighted by molar-refractivity contribution is 5.78. The molecule has 2 aromatic rings. The standard InChI is InChI=1S/C15H17N3O/c19-15-7-6-14(17-15)8-13-9-16-18(11-13)10-12-4-2-1-3-5-12/h1-5,9,11,14H,6-8,10H2,(H,17,19). The van der Waals surface area contributed by atoms with Gasteiger partial charge in [0.1, 0.15) is 0 Å². The summed E-state index contributed by atoms with van der Waals surface area (Å²) >= 11 is 0. The number of aromatic nitrogens is 2. The summed E-state index contributed by atoms with van der Waals surface area (Å²) < 4.78 is 1.95. The number of hydrogen-bond acceptors (Lipinski definition) is 2. The van der Waals surface area contributed by atoms with Gasteiger partial charge in [0, 0.05) is 18.7 Å². The Balaban J connectivity index is 1.62. The van der Waals surface area contributed by atoms with Crippen LogP contribution in [0.2, 0.25) is 0 Å². The summed E-state index contributed by atoms with van der Waals surface area (Å²) in [4.78, 5) is 11.2. The minimum absolute atomic E-state index is 0.168. The predicted octanol–water partition coefficient (Wildman–Crippen LogP) is 1.75. The molecular formula is C15H17N3O. The van der Waals surface area contributed by atoms with Crippen molar-refractivity contribution < 1.29 is 4.79 Å². The zero-order valence-corrected chi connectivity index (χ0v) is 10.7. The molecule has 1 aliphatic heterocycles. The quantitative estimate of drug-likeness (QED) is 0.904. The molecule has 1 atom stereocenters. The summed E-state index contributed by atoms with van der Waals surface area (Å²) in [7, 11) is 0. The summed E-state index contributed by atoms with van der Waals surface area (Å²) in [6, 6.07) is 10.6. The van der Waals surface area contributed by atoms with Crippen LogP contribution < -0.4 is 5.32 Å². The van der Waals surface area contributed by atoms with Gasteiger partial charge in [-0.15, -0.1) is 0 Å². The van der Waals surface area contributed by atoms with Crippen LogP contribution in [-0.4, -0.2) is 21.7 Å². The molecule has 0 spiro atoms. The summed E-state index contributed by atoms with van der Waals surface area (Å²) in [6.45, 7) is 0.790. The molecule has 1 saturated heterocycles. The highest BCUT2D eigenvalue weighted by Crippen LogP contribution is 2.13. The van der Waals surface area contributed by atoms with Gasteiger partial charge in [-0.05, 0) is 24.0 Å². The molecule has 2 heterocycles. The maximum atomic E-state index is 11.2. The van der Waals surface area contributed by atoms with Crippen LogP contribution in [0, 0.1) is 0 Å². The van der Waals surface area contributed by atoms with E-state index in [4.69, 9.17) is 0 Å². The zero-order chi connectivity index (χ0) is 13.1. The number of benzene rings is 1. The SMILES string of the molecule is O=C1CCC(Cc2cnn(Cc3ccccc3)c2)N1. The molecule has 0 saturated carbocycles. The Morgan fingerprint density at radius 2 is 2.11 bits per heavy atom. The topological polar surface area (TPSA) is 46.9 Å². The Morgan fingerprint density at radius 3 is 2.84 bits per heavy atom. The lowest BCUT2D eigenvalue weighted by Crippen LogP contribution is -2.26. The second kappa shape index (κ2) is 5.26. The first-order chi connectivity index (χ1) is 9.29. The van der Waals surface area contributed by atoms with Gasteiger partial charge in [0.05, 0.1) is 12.7 Å². The van der Waals surface area contributed by atoms with Crippen molar-refractivity contribution in [2.45, 2.75) is 31.8 Å². The fraction of sp³-hybridized carbons (Fsp3) is 0.333. The smallest absolute Gasteiger partial charge is 0.220 e. The first-order valence-corrected chi connectivity index (χ1v) is 6.64. The third-order valence-corrected chi connectivity index (χ3v) is 3.44. The number of nitrogens with zero attached hydrogens (tertiary/aromatic N) is 2. The van der Waals surface area contributed by atoms with E-state index in [9.17, 15) is 4.79 Å². The normalized spacial score (nSPS) is 18.5. The first-order valence-electron chi connectivity index (χ1n) is 6.64. The summed E-state index contributed by atoms with van der Waals surface area (Å²) in [5.41, 5.74) is 2.43. The van der Waals surface area contributed by atoms with Crippen LogP contribution >= 0.6 is 0 Å². The molecule has 1 aromatic carbocycles. The Bertz CT molecular complexity index is 562. The van der Waals surface area contributed by atoms with E-state index in [1.54, 1.807) is 0 Å². The van der Waals surface area contributed by atoms with Gasteiger partial charge in [-0.1, -0.05) is 30.3 Å². The lowest BCUT2D eigenvalue weighted by atomic mass is 10.1. The summed E-state index contributed by atoms with van der Waals surface area (Å²) in [5, 5.41) is 7.36. The predicted molar refractivity (Wildman–Crippen MR) is 72.6 cm³/mol. The van der Waals surface area contributed by atoms with Crippen LogP contribution in [0.3, 0.4) is 0 Å². The van der Waals surface area contributed by atoms with Gasteiger partial charge in [0.15, 0.2) is 0 Å². The highest BCUT2D eigenvalue weighted by atomic mass is 16.1. The van der Waals surface area contributed by atoms with Crippen molar-refractivity contribution in [1.82, 2.24) is 15.1 Å².